The van der Waals surface area contributed by atoms with Gasteiger partial charge >= 0.3 is 0 Å². The Labute approximate surface area is 142 Å². The summed E-state index contributed by atoms with van der Waals surface area (Å²) in [5.41, 5.74) is 1.69. The smallest absolute Gasteiger partial charge is 0.258 e. The SMILES string of the molecule is COc1ccc(Cl)cc1CN(C)Cc1cc(=O)n2ccsc2n1. The molecule has 0 aliphatic rings. The van der Waals surface area contributed by atoms with Crippen LogP contribution in [0.4, 0.5) is 0 Å². The zero-order valence-corrected chi connectivity index (χ0v) is 14.4. The highest BCUT2D eigenvalue weighted by Crippen LogP contribution is 2.24. The van der Waals surface area contributed by atoms with E-state index in [-0.39, 0.29) is 5.56 Å². The van der Waals surface area contributed by atoms with Crippen molar-refractivity contribution in [1.82, 2.24) is 14.3 Å². The van der Waals surface area contributed by atoms with E-state index in [1.165, 1.54) is 11.3 Å². The van der Waals surface area contributed by atoms with Gasteiger partial charge in [-0.2, -0.15) is 0 Å². The molecule has 5 nitrogen and oxygen atoms in total. The van der Waals surface area contributed by atoms with Crippen molar-refractivity contribution in [1.29, 1.82) is 0 Å². The molecular formula is C16H16ClN3O2S. The second-order valence-corrected chi connectivity index (χ2v) is 6.58. The topological polar surface area (TPSA) is 46.8 Å². The van der Waals surface area contributed by atoms with Crippen LogP contribution in [-0.2, 0) is 13.1 Å². The maximum Gasteiger partial charge on any atom is 0.258 e. The number of ether oxygens (including phenoxy) is 1. The third kappa shape index (κ3) is 3.55. The van der Waals surface area contributed by atoms with Gasteiger partial charge in [0.25, 0.3) is 5.56 Å². The number of benzene rings is 1. The second-order valence-electron chi connectivity index (χ2n) is 5.27. The average Bonchev–Trinajstić information content (AvgIpc) is 2.96. The molecule has 0 saturated heterocycles. The van der Waals surface area contributed by atoms with Crippen LogP contribution < -0.4 is 10.3 Å². The molecule has 0 unspecified atom stereocenters. The number of fused-ring (bicyclic) bond motifs is 1. The predicted molar refractivity (Wildman–Crippen MR) is 92.5 cm³/mol. The first-order valence-corrected chi connectivity index (χ1v) is 8.29. The van der Waals surface area contributed by atoms with Crippen molar-refractivity contribution in [2.75, 3.05) is 14.2 Å². The molecule has 0 radical (unpaired) electrons. The fraction of sp³-hybridized carbons (Fsp3) is 0.250. The van der Waals surface area contributed by atoms with Gasteiger partial charge in [-0.15, -0.1) is 11.3 Å². The number of nitrogens with zero attached hydrogens (tertiary/aromatic N) is 3. The summed E-state index contributed by atoms with van der Waals surface area (Å²) in [4.78, 5) is 19.3. The van der Waals surface area contributed by atoms with Gasteiger partial charge in [0.2, 0.25) is 0 Å². The van der Waals surface area contributed by atoms with E-state index >= 15 is 0 Å². The molecule has 0 fully saturated rings. The lowest BCUT2D eigenvalue weighted by Gasteiger charge is -2.18. The van der Waals surface area contributed by atoms with Crippen LogP contribution in [0, 0.1) is 0 Å². The molecule has 1 aromatic carbocycles. The highest BCUT2D eigenvalue weighted by molar-refractivity contribution is 7.15. The van der Waals surface area contributed by atoms with Crippen molar-refractivity contribution < 1.29 is 4.74 Å². The summed E-state index contributed by atoms with van der Waals surface area (Å²) in [7, 11) is 3.61. The van der Waals surface area contributed by atoms with Crippen LogP contribution >= 0.6 is 22.9 Å². The van der Waals surface area contributed by atoms with Crippen LogP contribution in [0.15, 0.2) is 40.6 Å². The number of halogens is 1. The zero-order valence-electron chi connectivity index (χ0n) is 12.8. The van der Waals surface area contributed by atoms with Crippen molar-refractivity contribution in [2.45, 2.75) is 13.1 Å². The van der Waals surface area contributed by atoms with Gasteiger partial charge in [-0.25, -0.2) is 4.98 Å². The Morgan fingerprint density at radius 3 is 2.96 bits per heavy atom. The van der Waals surface area contributed by atoms with Crippen LogP contribution in [0.3, 0.4) is 0 Å². The van der Waals surface area contributed by atoms with Crippen molar-refractivity contribution in [3.8, 4) is 5.75 Å². The van der Waals surface area contributed by atoms with Gasteiger partial charge in [-0.1, -0.05) is 11.6 Å². The molecule has 0 atom stereocenters. The number of aromatic nitrogens is 2. The summed E-state index contributed by atoms with van der Waals surface area (Å²) in [5, 5.41) is 2.53. The van der Waals surface area contributed by atoms with E-state index in [0.717, 1.165) is 17.0 Å². The number of methoxy groups -OCH3 is 1. The second kappa shape index (κ2) is 6.70. The summed E-state index contributed by atoms with van der Waals surface area (Å²) in [6, 6.07) is 7.12. The average molecular weight is 350 g/mol. The molecule has 3 aromatic rings. The number of rotatable bonds is 5. The highest BCUT2D eigenvalue weighted by Gasteiger charge is 2.10. The standard InChI is InChI=1S/C16H16ClN3O2S/c1-19(9-11-7-12(17)3-4-14(11)22-2)10-13-8-15(21)20-5-6-23-16(20)18-13/h3-8H,9-10H2,1-2H3. The van der Waals surface area contributed by atoms with Crippen molar-refractivity contribution >= 4 is 27.9 Å². The van der Waals surface area contributed by atoms with E-state index in [0.29, 0.717) is 23.1 Å². The van der Waals surface area contributed by atoms with Gasteiger partial charge in [0, 0.05) is 41.3 Å². The van der Waals surface area contributed by atoms with Crippen LogP contribution in [0.2, 0.25) is 5.02 Å². The first kappa shape index (κ1) is 16.0. The third-order valence-electron chi connectivity index (χ3n) is 3.47. The molecule has 7 heteroatoms. The van der Waals surface area contributed by atoms with Crippen LogP contribution in [0.25, 0.3) is 4.96 Å². The van der Waals surface area contributed by atoms with Gasteiger partial charge in [0.05, 0.1) is 12.8 Å². The lowest BCUT2D eigenvalue weighted by atomic mass is 10.2. The van der Waals surface area contributed by atoms with E-state index in [1.54, 1.807) is 29.8 Å². The minimum atomic E-state index is -0.0556. The molecule has 2 heterocycles. The number of hydrogen-bond donors (Lipinski definition) is 0. The largest absolute Gasteiger partial charge is 0.496 e. The molecular weight excluding hydrogens is 334 g/mol. The molecule has 0 N–H and O–H groups in total. The summed E-state index contributed by atoms with van der Waals surface area (Å²) in [6.45, 7) is 1.22. The van der Waals surface area contributed by atoms with Crippen LogP contribution in [0.1, 0.15) is 11.3 Å². The summed E-state index contributed by atoms with van der Waals surface area (Å²) >= 11 is 7.51. The summed E-state index contributed by atoms with van der Waals surface area (Å²) in [5.74, 6) is 0.794. The van der Waals surface area contributed by atoms with Crippen LogP contribution in [-0.4, -0.2) is 28.4 Å². The highest BCUT2D eigenvalue weighted by atomic mass is 35.5. The molecule has 0 aliphatic heterocycles. The Morgan fingerprint density at radius 1 is 1.35 bits per heavy atom. The molecule has 2 aromatic heterocycles. The maximum absolute atomic E-state index is 12.0. The van der Waals surface area contributed by atoms with Gasteiger partial charge in [-0.05, 0) is 25.2 Å². The van der Waals surface area contributed by atoms with Crippen LogP contribution in [0.5, 0.6) is 5.75 Å². The molecule has 0 amide bonds. The van der Waals surface area contributed by atoms with Gasteiger partial charge in [0.15, 0.2) is 4.96 Å². The Kier molecular flexibility index (Phi) is 4.66. The zero-order chi connectivity index (χ0) is 16.4. The lowest BCUT2D eigenvalue weighted by Crippen LogP contribution is -2.21. The summed E-state index contributed by atoms with van der Waals surface area (Å²) < 4.78 is 6.91. The first-order valence-electron chi connectivity index (χ1n) is 7.03. The molecule has 23 heavy (non-hydrogen) atoms. The Balaban J connectivity index is 1.79. The van der Waals surface area contributed by atoms with Crippen molar-refractivity contribution in [3.63, 3.8) is 0 Å². The third-order valence-corrected chi connectivity index (χ3v) is 4.46. The molecule has 0 spiro atoms. The fourth-order valence-corrected chi connectivity index (χ4v) is 3.40. The van der Waals surface area contributed by atoms with E-state index in [9.17, 15) is 4.79 Å². The monoisotopic (exact) mass is 349 g/mol. The van der Waals surface area contributed by atoms with Gasteiger partial charge in [0.1, 0.15) is 5.75 Å². The Bertz CT molecular complexity index is 890. The normalized spacial score (nSPS) is 11.3. The molecule has 0 aliphatic carbocycles. The van der Waals surface area contributed by atoms with Crippen molar-refractivity contribution in [3.05, 3.63) is 62.5 Å². The van der Waals surface area contributed by atoms with E-state index in [1.807, 2.05) is 24.6 Å². The predicted octanol–water partition coefficient (Wildman–Crippen LogP) is 3.05. The van der Waals surface area contributed by atoms with Gasteiger partial charge in [-0.3, -0.25) is 14.1 Å². The molecule has 0 saturated carbocycles. The Morgan fingerprint density at radius 2 is 2.17 bits per heavy atom. The number of thiazole rings is 1. The first-order chi connectivity index (χ1) is 11.1. The van der Waals surface area contributed by atoms with E-state index < -0.39 is 0 Å². The minimum absolute atomic E-state index is 0.0556. The van der Waals surface area contributed by atoms with Crippen molar-refractivity contribution in [2.24, 2.45) is 0 Å². The van der Waals surface area contributed by atoms with Gasteiger partial charge < -0.3 is 4.74 Å². The number of hydrogen-bond acceptors (Lipinski definition) is 5. The quantitative estimate of drug-likeness (QED) is 0.710. The Hall–Kier alpha value is -1.89. The minimum Gasteiger partial charge on any atom is -0.496 e. The molecule has 120 valence electrons. The van der Waals surface area contributed by atoms with E-state index in [2.05, 4.69) is 9.88 Å². The molecule has 0 bridgehead atoms. The fourth-order valence-electron chi connectivity index (χ4n) is 2.46. The maximum atomic E-state index is 12.0. The molecule has 3 rings (SSSR count). The lowest BCUT2D eigenvalue weighted by molar-refractivity contribution is 0.306. The summed E-state index contributed by atoms with van der Waals surface area (Å²) in [6.07, 6.45) is 1.74. The van der Waals surface area contributed by atoms with E-state index in [4.69, 9.17) is 16.3 Å².